The Kier molecular flexibility index (Phi) is 7.24. The number of nitrogens with one attached hydrogen (secondary N) is 1. The topological polar surface area (TPSA) is 59.3 Å². The van der Waals surface area contributed by atoms with Crippen LogP contribution >= 0.6 is 0 Å². The zero-order valence-corrected chi connectivity index (χ0v) is 19.0. The summed E-state index contributed by atoms with van der Waals surface area (Å²) in [6, 6.07) is 8.57. The lowest BCUT2D eigenvalue weighted by atomic mass is 9.99. The summed E-state index contributed by atoms with van der Waals surface area (Å²) >= 11 is 0. The number of hydrogen-bond acceptors (Lipinski definition) is 3. The second kappa shape index (κ2) is 9.88. The smallest absolute Gasteiger partial charge is 0.256 e. The standard InChI is InChI=1S/C25H34N4O/c1-6-8-9-20(7-2)15-26-25(30)23-16-27-29-19(5)22(18(4)28-24(23)29)14-21-12-10-17(3)11-13-21/h10-13,16,20H,6-9,14-15H2,1-5H3,(H,26,30)/t20-/m1/s1. The molecule has 0 aliphatic heterocycles. The number of fused-ring (bicyclic) bond motifs is 1. The van der Waals surface area contributed by atoms with Gasteiger partial charge in [0.2, 0.25) is 0 Å². The second-order valence-electron chi connectivity index (χ2n) is 8.34. The molecule has 1 N–H and O–H groups in total. The maximum Gasteiger partial charge on any atom is 0.256 e. The molecule has 1 amide bonds. The molecule has 30 heavy (non-hydrogen) atoms. The van der Waals surface area contributed by atoms with Crippen molar-refractivity contribution in [2.75, 3.05) is 6.54 Å². The van der Waals surface area contributed by atoms with E-state index in [-0.39, 0.29) is 5.91 Å². The molecule has 1 aromatic carbocycles. The fourth-order valence-electron chi connectivity index (χ4n) is 3.91. The molecule has 0 saturated heterocycles. The highest BCUT2D eigenvalue weighted by Gasteiger charge is 2.19. The maximum absolute atomic E-state index is 12.8. The van der Waals surface area contributed by atoms with E-state index in [1.54, 1.807) is 10.7 Å². The van der Waals surface area contributed by atoms with Crippen LogP contribution in [0.25, 0.3) is 5.65 Å². The van der Waals surface area contributed by atoms with Crippen molar-refractivity contribution in [2.24, 2.45) is 5.92 Å². The Morgan fingerprint density at radius 3 is 2.53 bits per heavy atom. The van der Waals surface area contributed by atoms with E-state index in [4.69, 9.17) is 4.98 Å². The van der Waals surface area contributed by atoms with E-state index in [0.29, 0.717) is 23.7 Å². The number of benzene rings is 1. The van der Waals surface area contributed by atoms with E-state index >= 15 is 0 Å². The molecule has 0 unspecified atom stereocenters. The zero-order chi connectivity index (χ0) is 21.7. The number of hydrogen-bond donors (Lipinski definition) is 1. The minimum Gasteiger partial charge on any atom is -0.352 e. The summed E-state index contributed by atoms with van der Waals surface area (Å²) in [5.74, 6) is 0.436. The van der Waals surface area contributed by atoms with Gasteiger partial charge in [0.05, 0.1) is 6.20 Å². The van der Waals surface area contributed by atoms with Gasteiger partial charge in [-0.05, 0) is 44.2 Å². The van der Waals surface area contributed by atoms with Crippen molar-refractivity contribution in [3.8, 4) is 0 Å². The molecule has 0 aliphatic carbocycles. The third-order valence-electron chi connectivity index (χ3n) is 6.05. The predicted molar refractivity (Wildman–Crippen MR) is 122 cm³/mol. The lowest BCUT2D eigenvalue weighted by molar-refractivity contribution is 0.0947. The highest BCUT2D eigenvalue weighted by atomic mass is 16.1. The number of unbranched alkanes of at least 4 members (excludes halogenated alkanes) is 1. The number of carbonyl (C=O) groups is 1. The molecule has 3 rings (SSSR count). The average Bonchev–Trinajstić information content (AvgIpc) is 3.16. The molecule has 0 spiro atoms. The van der Waals surface area contributed by atoms with Gasteiger partial charge in [0.15, 0.2) is 5.65 Å². The fraction of sp³-hybridized carbons (Fsp3) is 0.480. The Labute approximate surface area is 179 Å². The van der Waals surface area contributed by atoms with Crippen LogP contribution < -0.4 is 5.32 Å². The predicted octanol–water partition coefficient (Wildman–Crippen LogP) is 5.19. The van der Waals surface area contributed by atoms with Crippen molar-refractivity contribution in [3.05, 3.63) is 64.1 Å². The van der Waals surface area contributed by atoms with Crippen molar-refractivity contribution >= 4 is 11.6 Å². The minimum absolute atomic E-state index is 0.0856. The van der Waals surface area contributed by atoms with E-state index in [0.717, 1.165) is 36.2 Å². The van der Waals surface area contributed by atoms with Crippen LogP contribution in [0.15, 0.2) is 30.5 Å². The van der Waals surface area contributed by atoms with Gasteiger partial charge in [0, 0.05) is 24.4 Å². The van der Waals surface area contributed by atoms with Gasteiger partial charge in [-0.1, -0.05) is 62.9 Å². The summed E-state index contributed by atoms with van der Waals surface area (Å²) in [7, 11) is 0. The molecule has 2 aromatic heterocycles. The Hall–Kier alpha value is -2.69. The summed E-state index contributed by atoms with van der Waals surface area (Å²) < 4.78 is 1.81. The largest absolute Gasteiger partial charge is 0.352 e. The first kappa shape index (κ1) is 22.0. The van der Waals surface area contributed by atoms with Crippen LogP contribution in [-0.2, 0) is 6.42 Å². The minimum atomic E-state index is -0.0856. The van der Waals surface area contributed by atoms with Gasteiger partial charge in [-0.3, -0.25) is 4.79 Å². The van der Waals surface area contributed by atoms with Crippen LogP contribution in [0.4, 0.5) is 0 Å². The molecular formula is C25H34N4O. The Balaban J connectivity index is 1.81. The summed E-state index contributed by atoms with van der Waals surface area (Å²) in [6.45, 7) is 11.3. The van der Waals surface area contributed by atoms with E-state index in [2.05, 4.69) is 62.4 Å². The first-order chi connectivity index (χ1) is 14.4. The third-order valence-corrected chi connectivity index (χ3v) is 6.05. The Morgan fingerprint density at radius 1 is 1.13 bits per heavy atom. The van der Waals surface area contributed by atoms with E-state index in [9.17, 15) is 4.79 Å². The third kappa shape index (κ3) is 4.89. The molecule has 2 heterocycles. The molecular weight excluding hydrogens is 372 g/mol. The van der Waals surface area contributed by atoms with Gasteiger partial charge >= 0.3 is 0 Å². The van der Waals surface area contributed by atoms with Gasteiger partial charge in [-0.15, -0.1) is 0 Å². The molecule has 0 bridgehead atoms. The van der Waals surface area contributed by atoms with Gasteiger partial charge < -0.3 is 5.32 Å². The van der Waals surface area contributed by atoms with Crippen LogP contribution in [0.1, 0.15) is 78.0 Å². The first-order valence-corrected chi connectivity index (χ1v) is 11.1. The summed E-state index contributed by atoms with van der Waals surface area (Å²) in [6.07, 6.45) is 7.07. The second-order valence-corrected chi connectivity index (χ2v) is 8.34. The highest BCUT2D eigenvalue weighted by Crippen LogP contribution is 2.21. The lowest BCUT2D eigenvalue weighted by Gasteiger charge is -2.15. The number of rotatable bonds is 9. The molecule has 0 radical (unpaired) electrons. The average molecular weight is 407 g/mol. The van der Waals surface area contributed by atoms with Crippen LogP contribution in [-0.4, -0.2) is 27.0 Å². The van der Waals surface area contributed by atoms with Crippen molar-refractivity contribution in [1.82, 2.24) is 19.9 Å². The zero-order valence-electron chi connectivity index (χ0n) is 19.0. The fourth-order valence-corrected chi connectivity index (χ4v) is 3.91. The van der Waals surface area contributed by atoms with Crippen LogP contribution in [0.3, 0.4) is 0 Å². The number of aromatic nitrogens is 3. The quantitative estimate of drug-likeness (QED) is 0.532. The molecule has 0 saturated carbocycles. The normalized spacial score (nSPS) is 12.3. The molecule has 0 fully saturated rings. The molecule has 1 atom stereocenters. The summed E-state index contributed by atoms with van der Waals surface area (Å²) in [4.78, 5) is 17.6. The number of carbonyl (C=O) groups excluding carboxylic acids is 1. The van der Waals surface area contributed by atoms with Crippen molar-refractivity contribution in [3.63, 3.8) is 0 Å². The first-order valence-electron chi connectivity index (χ1n) is 11.1. The number of aryl methyl sites for hydroxylation is 3. The van der Waals surface area contributed by atoms with Crippen molar-refractivity contribution < 1.29 is 4.79 Å². The maximum atomic E-state index is 12.8. The molecule has 160 valence electrons. The summed E-state index contributed by atoms with van der Waals surface area (Å²) in [5, 5.41) is 7.59. The van der Waals surface area contributed by atoms with Gasteiger partial charge in [-0.25, -0.2) is 9.50 Å². The van der Waals surface area contributed by atoms with Crippen molar-refractivity contribution in [1.29, 1.82) is 0 Å². The number of nitrogens with zero attached hydrogens (tertiary/aromatic N) is 3. The Morgan fingerprint density at radius 2 is 1.87 bits per heavy atom. The summed E-state index contributed by atoms with van der Waals surface area (Å²) in [5.41, 5.74) is 6.83. The van der Waals surface area contributed by atoms with E-state index < -0.39 is 0 Å². The van der Waals surface area contributed by atoms with Gasteiger partial charge in [0.25, 0.3) is 5.91 Å². The van der Waals surface area contributed by atoms with Crippen LogP contribution in [0.2, 0.25) is 0 Å². The molecule has 3 aromatic rings. The lowest BCUT2D eigenvalue weighted by Crippen LogP contribution is -2.29. The molecule has 5 nitrogen and oxygen atoms in total. The van der Waals surface area contributed by atoms with Crippen LogP contribution in [0.5, 0.6) is 0 Å². The molecule has 0 aliphatic rings. The van der Waals surface area contributed by atoms with E-state index in [1.165, 1.54) is 24.0 Å². The van der Waals surface area contributed by atoms with Gasteiger partial charge in [0.1, 0.15) is 5.56 Å². The number of amides is 1. The molecule has 5 heteroatoms. The van der Waals surface area contributed by atoms with Crippen LogP contribution in [0, 0.1) is 26.7 Å². The van der Waals surface area contributed by atoms with Gasteiger partial charge in [-0.2, -0.15) is 5.10 Å². The Bertz CT molecular complexity index is 1000. The van der Waals surface area contributed by atoms with E-state index in [1.807, 2.05) is 6.92 Å². The monoisotopic (exact) mass is 406 g/mol. The highest BCUT2D eigenvalue weighted by molar-refractivity contribution is 5.99. The SMILES string of the molecule is CCCC[C@@H](CC)CNC(=O)c1cnn2c(C)c(Cc3ccc(C)cc3)c(C)nc12. The van der Waals surface area contributed by atoms with Crippen molar-refractivity contribution in [2.45, 2.75) is 66.7 Å².